The number of thiophene rings is 1. The number of Topliss-reactive ketones (excluding diaryl/α,β-unsaturated/α-hetero) is 1. The summed E-state index contributed by atoms with van der Waals surface area (Å²) < 4.78 is 0. The van der Waals surface area contributed by atoms with Crippen molar-refractivity contribution in [1.82, 2.24) is 9.97 Å². The Morgan fingerprint density at radius 2 is 1.63 bits per heavy atom. The molecule has 5 aromatic rings. The highest BCUT2D eigenvalue weighted by Crippen LogP contribution is 2.32. The standard InChI is InChI=1S/C25H23N3OS/c1-16(25(29)21-15-28-23-10-5-3-8-18(21)23)26-14-20(24-11-6-12-30-24)19-13-27-22-9-4-2-7-17(19)22/h2-13,15-16,20,26-28H,14H2,1H3/p+1/t16-,20-/m0/s1. The summed E-state index contributed by atoms with van der Waals surface area (Å²) >= 11 is 1.77. The van der Waals surface area contributed by atoms with E-state index in [0.29, 0.717) is 0 Å². The van der Waals surface area contributed by atoms with Crippen LogP contribution in [0.5, 0.6) is 0 Å². The fourth-order valence-electron chi connectivity index (χ4n) is 4.24. The van der Waals surface area contributed by atoms with Crippen LogP contribution in [0.1, 0.15) is 33.6 Å². The van der Waals surface area contributed by atoms with Crippen LogP contribution >= 0.6 is 11.3 Å². The van der Waals surface area contributed by atoms with Crippen molar-refractivity contribution in [3.63, 3.8) is 0 Å². The van der Waals surface area contributed by atoms with E-state index in [1.54, 1.807) is 11.3 Å². The number of ketones is 1. The van der Waals surface area contributed by atoms with E-state index >= 15 is 0 Å². The number of benzene rings is 2. The van der Waals surface area contributed by atoms with Crippen molar-refractivity contribution in [1.29, 1.82) is 0 Å². The zero-order valence-corrected chi connectivity index (χ0v) is 17.6. The molecule has 0 amide bonds. The molecule has 0 spiro atoms. The molecule has 3 heterocycles. The first-order valence-corrected chi connectivity index (χ1v) is 11.1. The number of H-pyrrole nitrogens is 2. The Labute approximate surface area is 179 Å². The van der Waals surface area contributed by atoms with Crippen LogP contribution < -0.4 is 5.32 Å². The molecule has 30 heavy (non-hydrogen) atoms. The van der Waals surface area contributed by atoms with Gasteiger partial charge in [-0.1, -0.05) is 42.5 Å². The molecule has 0 unspecified atom stereocenters. The molecule has 5 rings (SSSR count). The Bertz CT molecular complexity index is 1300. The first kappa shape index (κ1) is 18.9. The van der Waals surface area contributed by atoms with E-state index in [0.717, 1.165) is 28.5 Å². The lowest BCUT2D eigenvalue weighted by Gasteiger charge is -2.17. The molecule has 0 aliphatic carbocycles. The largest absolute Gasteiger partial charge is 0.361 e. The van der Waals surface area contributed by atoms with E-state index in [9.17, 15) is 4.79 Å². The maximum atomic E-state index is 13.2. The van der Waals surface area contributed by atoms with Crippen LogP contribution in [-0.2, 0) is 0 Å². The Morgan fingerprint density at radius 1 is 0.933 bits per heavy atom. The number of fused-ring (bicyclic) bond motifs is 2. The number of nitrogens with one attached hydrogen (secondary N) is 2. The molecule has 0 saturated heterocycles. The second-order valence-corrected chi connectivity index (χ2v) is 8.71. The topological polar surface area (TPSA) is 65.3 Å². The van der Waals surface area contributed by atoms with Crippen molar-refractivity contribution in [2.45, 2.75) is 18.9 Å². The van der Waals surface area contributed by atoms with Crippen molar-refractivity contribution in [3.05, 3.63) is 94.4 Å². The minimum atomic E-state index is -0.156. The predicted molar refractivity (Wildman–Crippen MR) is 123 cm³/mol. The number of hydrogen-bond acceptors (Lipinski definition) is 2. The molecule has 4 nitrogen and oxygen atoms in total. The fraction of sp³-hybridized carbons (Fsp3) is 0.160. The zero-order chi connectivity index (χ0) is 20.5. The van der Waals surface area contributed by atoms with Crippen LogP contribution in [0.15, 0.2) is 78.4 Å². The molecule has 0 aliphatic heterocycles. The smallest absolute Gasteiger partial charge is 0.221 e. The van der Waals surface area contributed by atoms with Gasteiger partial charge in [0.2, 0.25) is 5.78 Å². The van der Waals surface area contributed by atoms with E-state index in [-0.39, 0.29) is 17.7 Å². The molecule has 0 saturated carbocycles. The van der Waals surface area contributed by atoms with Crippen LogP contribution in [0.3, 0.4) is 0 Å². The van der Waals surface area contributed by atoms with Crippen molar-refractivity contribution in [2.24, 2.45) is 0 Å². The minimum Gasteiger partial charge on any atom is -0.361 e. The number of quaternary nitrogens is 1. The van der Waals surface area contributed by atoms with Gasteiger partial charge < -0.3 is 15.3 Å². The van der Waals surface area contributed by atoms with Gasteiger partial charge in [0.05, 0.1) is 12.5 Å². The van der Waals surface area contributed by atoms with E-state index < -0.39 is 0 Å². The first-order valence-electron chi connectivity index (χ1n) is 10.3. The van der Waals surface area contributed by atoms with Crippen molar-refractivity contribution < 1.29 is 10.1 Å². The normalized spacial score (nSPS) is 13.6. The quantitative estimate of drug-likeness (QED) is 0.333. The predicted octanol–water partition coefficient (Wildman–Crippen LogP) is 4.68. The van der Waals surface area contributed by atoms with Gasteiger partial charge in [0.15, 0.2) is 0 Å². The lowest BCUT2D eigenvalue weighted by atomic mass is 9.96. The van der Waals surface area contributed by atoms with Gasteiger partial charge in [-0.25, -0.2) is 0 Å². The Morgan fingerprint density at radius 3 is 2.40 bits per heavy atom. The number of aromatic amines is 2. The number of aromatic nitrogens is 2. The summed E-state index contributed by atoms with van der Waals surface area (Å²) in [4.78, 5) is 21.1. The number of para-hydroxylation sites is 2. The summed E-state index contributed by atoms with van der Waals surface area (Å²) in [7, 11) is 0. The van der Waals surface area contributed by atoms with Crippen LogP contribution in [0.4, 0.5) is 0 Å². The van der Waals surface area contributed by atoms with Crippen LogP contribution in [0.2, 0.25) is 0 Å². The molecule has 0 aliphatic rings. The van der Waals surface area contributed by atoms with E-state index in [2.05, 4.69) is 63.3 Å². The first-order chi connectivity index (χ1) is 14.7. The Hall–Kier alpha value is -3.15. The highest BCUT2D eigenvalue weighted by Gasteiger charge is 2.26. The van der Waals surface area contributed by atoms with Gasteiger partial charge in [-0.15, -0.1) is 11.3 Å². The van der Waals surface area contributed by atoms with Gasteiger partial charge >= 0.3 is 0 Å². The fourth-order valence-corrected chi connectivity index (χ4v) is 5.09. The number of nitrogens with two attached hydrogens (primary N) is 1. The number of carbonyl (C=O) groups is 1. The van der Waals surface area contributed by atoms with Gasteiger partial charge in [0.25, 0.3) is 0 Å². The van der Waals surface area contributed by atoms with Gasteiger partial charge in [-0.2, -0.15) is 0 Å². The van der Waals surface area contributed by atoms with E-state index in [1.807, 2.05) is 37.4 Å². The molecule has 2 atom stereocenters. The lowest BCUT2D eigenvalue weighted by molar-refractivity contribution is -0.673. The Kier molecular flexibility index (Phi) is 4.99. The summed E-state index contributed by atoms with van der Waals surface area (Å²) in [6.45, 7) is 2.82. The highest BCUT2D eigenvalue weighted by atomic mass is 32.1. The van der Waals surface area contributed by atoms with E-state index in [4.69, 9.17) is 0 Å². The third-order valence-corrected chi connectivity index (χ3v) is 6.86. The third-order valence-electron chi connectivity index (χ3n) is 5.88. The second kappa shape index (κ2) is 7.94. The molecule has 2 aromatic carbocycles. The third kappa shape index (κ3) is 3.36. The summed E-state index contributed by atoms with van der Waals surface area (Å²) in [6.07, 6.45) is 3.96. The highest BCUT2D eigenvalue weighted by molar-refractivity contribution is 7.10. The van der Waals surface area contributed by atoms with Crippen molar-refractivity contribution in [3.8, 4) is 0 Å². The van der Waals surface area contributed by atoms with Gasteiger partial charge in [-0.3, -0.25) is 4.79 Å². The minimum absolute atomic E-state index is 0.156. The molecule has 0 radical (unpaired) electrons. The summed E-state index contributed by atoms with van der Waals surface area (Å²) in [5, 5.41) is 6.54. The van der Waals surface area contributed by atoms with Crippen LogP contribution in [0, 0.1) is 0 Å². The Balaban J connectivity index is 1.40. The molecule has 4 N–H and O–H groups in total. The number of hydrogen-bond donors (Lipinski definition) is 3. The van der Waals surface area contributed by atoms with Gasteiger partial charge in [-0.05, 0) is 36.1 Å². The second-order valence-electron chi connectivity index (χ2n) is 7.73. The maximum absolute atomic E-state index is 13.2. The number of rotatable bonds is 7. The van der Waals surface area contributed by atoms with Crippen molar-refractivity contribution >= 4 is 38.9 Å². The molecule has 0 fully saturated rings. The molecule has 3 aromatic heterocycles. The maximum Gasteiger partial charge on any atom is 0.221 e. The molecule has 150 valence electrons. The average molecular weight is 415 g/mol. The monoisotopic (exact) mass is 414 g/mol. The van der Waals surface area contributed by atoms with Crippen LogP contribution in [0.25, 0.3) is 21.8 Å². The zero-order valence-electron chi connectivity index (χ0n) is 16.8. The lowest BCUT2D eigenvalue weighted by Crippen LogP contribution is -2.91. The van der Waals surface area contributed by atoms with Gasteiger partial charge in [0, 0.05) is 44.6 Å². The van der Waals surface area contributed by atoms with Gasteiger partial charge in [0.1, 0.15) is 6.04 Å². The van der Waals surface area contributed by atoms with Crippen molar-refractivity contribution in [2.75, 3.05) is 6.54 Å². The molecular weight excluding hydrogens is 390 g/mol. The average Bonchev–Trinajstić information content (AvgIpc) is 3.53. The van der Waals surface area contributed by atoms with Crippen LogP contribution in [-0.4, -0.2) is 28.3 Å². The molecule has 0 bridgehead atoms. The SMILES string of the molecule is C[C@H]([NH2+]C[C@H](c1cccs1)c1c[nH]c2ccccc12)C(=O)c1c[nH]c2ccccc12. The summed E-state index contributed by atoms with van der Waals surface area (Å²) in [5.41, 5.74) is 4.21. The molecule has 5 heteroatoms. The number of carbonyl (C=O) groups excluding carboxylic acids is 1. The molecular formula is C25H24N3OS+. The summed E-state index contributed by atoms with van der Waals surface area (Å²) in [5.74, 6) is 0.399. The van der Waals surface area contributed by atoms with E-state index in [1.165, 1.54) is 15.8 Å². The summed E-state index contributed by atoms with van der Waals surface area (Å²) in [6, 6.07) is 20.5.